The lowest BCUT2D eigenvalue weighted by Gasteiger charge is -2.07. The molecule has 0 saturated heterocycles. The van der Waals surface area contributed by atoms with Crippen molar-refractivity contribution in [2.24, 2.45) is 0 Å². The van der Waals surface area contributed by atoms with Gasteiger partial charge >= 0.3 is 0 Å². The maximum absolute atomic E-state index is 10.4. The van der Waals surface area contributed by atoms with Crippen molar-refractivity contribution in [3.8, 4) is 0 Å². The first-order valence-electron chi connectivity index (χ1n) is 3.81. The monoisotopic (exact) mass is 182 g/mol. The lowest BCUT2D eigenvalue weighted by Crippen LogP contribution is -1.95. The molecule has 1 nitrogen and oxygen atoms in total. The van der Waals surface area contributed by atoms with Crippen LogP contribution in [0.15, 0.2) is 18.2 Å². The molecule has 1 atom stereocenters. The smallest absolute Gasteiger partial charge is 0.142 e. The van der Waals surface area contributed by atoms with Crippen molar-refractivity contribution >= 4 is 17.9 Å². The maximum Gasteiger partial charge on any atom is 0.142 e. The van der Waals surface area contributed by atoms with Gasteiger partial charge in [-0.15, -0.1) is 11.6 Å². The van der Waals surface area contributed by atoms with Gasteiger partial charge in [-0.3, -0.25) is 0 Å². The summed E-state index contributed by atoms with van der Waals surface area (Å²) in [5.41, 5.74) is 3.10. The van der Waals surface area contributed by atoms with Crippen molar-refractivity contribution in [3.05, 3.63) is 34.9 Å². The molecule has 2 heteroatoms. The number of alkyl halides is 1. The minimum absolute atomic E-state index is 0.509. The summed E-state index contributed by atoms with van der Waals surface area (Å²) in [4.78, 5) is 10.4. The van der Waals surface area contributed by atoms with E-state index in [2.05, 4.69) is 0 Å². The first-order chi connectivity index (χ1) is 5.65. The highest BCUT2D eigenvalue weighted by molar-refractivity contribution is 6.27. The number of carbonyl (C=O) groups is 1. The van der Waals surface area contributed by atoms with E-state index in [1.807, 2.05) is 32.0 Å². The normalized spacial score (nSPS) is 12.6. The maximum atomic E-state index is 10.4. The lowest BCUT2D eigenvalue weighted by molar-refractivity contribution is -0.107. The van der Waals surface area contributed by atoms with Crippen molar-refractivity contribution in [1.82, 2.24) is 0 Å². The Morgan fingerprint density at radius 2 is 2.08 bits per heavy atom. The minimum atomic E-state index is -0.509. The highest BCUT2D eigenvalue weighted by Crippen LogP contribution is 2.22. The van der Waals surface area contributed by atoms with Crippen LogP contribution in [-0.4, -0.2) is 6.29 Å². The molecule has 0 N–H and O–H groups in total. The van der Waals surface area contributed by atoms with E-state index in [1.165, 1.54) is 0 Å². The Hall–Kier alpha value is -0.820. The Morgan fingerprint density at radius 1 is 1.42 bits per heavy atom. The van der Waals surface area contributed by atoms with Crippen LogP contribution in [0, 0.1) is 13.8 Å². The van der Waals surface area contributed by atoms with E-state index >= 15 is 0 Å². The molecule has 0 aliphatic rings. The first kappa shape index (κ1) is 9.27. The van der Waals surface area contributed by atoms with Gasteiger partial charge in [-0.25, -0.2) is 0 Å². The van der Waals surface area contributed by atoms with Gasteiger partial charge < -0.3 is 4.79 Å². The van der Waals surface area contributed by atoms with Crippen LogP contribution in [0.4, 0.5) is 0 Å². The molecule has 1 aromatic carbocycles. The van der Waals surface area contributed by atoms with Crippen LogP contribution in [0.5, 0.6) is 0 Å². The van der Waals surface area contributed by atoms with E-state index in [4.69, 9.17) is 11.6 Å². The lowest BCUT2D eigenvalue weighted by atomic mass is 10.0. The molecular weight excluding hydrogens is 172 g/mol. The van der Waals surface area contributed by atoms with Crippen molar-refractivity contribution in [2.45, 2.75) is 19.2 Å². The number of aryl methyl sites for hydroxylation is 2. The zero-order valence-electron chi connectivity index (χ0n) is 7.17. The van der Waals surface area contributed by atoms with E-state index in [1.54, 1.807) is 0 Å². The van der Waals surface area contributed by atoms with E-state index < -0.39 is 5.38 Å². The highest BCUT2D eigenvalue weighted by atomic mass is 35.5. The summed E-state index contributed by atoms with van der Waals surface area (Å²) >= 11 is 5.80. The molecule has 0 bridgehead atoms. The van der Waals surface area contributed by atoms with Crippen molar-refractivity contribution < 1.29 is 4.79 Å². The second-order valence-corrected chi connectivity index (χ2v) is 3.37. The predicted octanol–water partition coefficient (Wildman–Crippen LogP) is 2.78. The van der Waals surface area contributed by atoms with Gasteiger partial charge in [0.2, 0.25) is 0 Å². The summed E-state index contributed by atoms with van der Waals surface area (Å²) in [5.74, 6) is 0. The highest BCUT2D eigenvalue weighted by Gasteiger charge is 2.08. The summed E-state index contributed by atoms with van der Waals surface area (Å²) in [6, 6.07) is 5.93. The summed E-state index contributed by atoms with van der Waals surface area (Å²) in [6.07, 6.45) is 0.753. The first-order valence-corrected chi connectivity index (χ1v) is 4.25. The van der Waals surface area contributed by atoms with Gasteiger partial charge in [0.25, 0.3) is 0 Å². The quantitative estimate of drug-likeness (QED) is 0.508. The van der Waals surface area contributed by atoms with Crippen LogP contribution in [0.2, 0.25) is 0 Å². The van der Waals surface area contributed by atoms with Gasteiger partial charge in [0, 0.05) is 0 Å². The number of hydrogen-bond donors (Lipinski definition) is 0. The Kier molecular flexibility index (Phi) is 2.88. The molecule has 0 aliphatic carbocycles. The molecular formula is C10H11ClO. The zero-order chi connectivity index (χ0) is 9.14. The standard InChI is InChI=1S/C10H11ClO/c1-7-3-4-8(2)9(5-7)10(11)6-12/h3-6,10H,1-2H3. The molecule has 1 unspecified atom stereocenters. The fourth-order valence-corrected chi connectivity index (χ4v) is 1.37. The van der Waals surface area contributed by atoms with Crippen LogP contribution in [0.25, 0.3) is 0 Å². The molecule has 0 saturated carbocycles. The van der Waals surface area contributed by atoms with E-state index in [0.717, 1.165) is 23.0 Å². The van der Waals surface area contributed by atoms with Crippen LogP contribution in [0.3, 0.4) is 0 Å². The average Bonchev–Trinajstić information content (AvgIpc) is 2.08. The van der Waals surface area contributed by atoms with Crippen molar-refractivity contribution in [3.63, 3.8) is 0 Å². The van der Waals surface area contributed by atoms with Crippen LogP contribution in [0.1, 0.15) is 22.1 Å². The number of benzene rings is 1. The fraction of sp³-hybridized carbons (Fsp3) is 0.300. The minimum Gasteiger partial charge on any atom is -0.301 e. The number of hydrogen-bond acceptors (Lipinski definition) is 1. The average molecular weight is 183 g/mol. The Morgan fingerprint density at radius 3 is 2.67 bits per heavy atom. The fourth-order valence-electron chi connectivity index (χ4n) is 1.13. The molecule has 0 amide bonds. The van der Waals surface area contributed by atoms with Gasteiger partial charge in [-0.2, -0.15) is 0 Å². The molecule has 1 aromatic rings. The van der Waals surface area contributed by atoms with E-state index in [-0.39, 0.29) is 0 Å². The SMILES string of the molecule is Cc1ccc(C)c(C(Cl)C=O)c1. The van der Waals surface area contributed by atoms with E-state index in [9.17, 15) is 4.79 Å². The number of carbonyl (C=O) groups excluding carboxylic acids is 1. The van der Waals surface area contributed by atoms with Crippen molar-refractivity contribution in [2.75, 3.05) is 0 Å². The zero-order valence-corrected chi connectivity index (χ0v) is 7.93. The largest absolute Gasteiger partial charge is 0.301 e. The van der Waals surface area contributed by atoms with Gasteiger partial charge in [0.15, 0.2) is 0 Å². The summed E-state index contributed by atoms with van der Waals surface area (Å²) in [6.45, 7) is 3.94. The molecule has 0 aliphatic heterocycles. The Bertz CT molecular complexity index is 294. The topological polar surface area (TPSA) is 17.1 Å². The predicted molar refractivity (Wildman–Crippen MR) is 50.6 cm³/mol. The van der Waals surface area contributed by atoms with Crippen LogP contribution in [-0.2, 0) is 4.79 Å². The number of aldehydes is 1. The van der Waals surface area contributed by atoms with Gasteiger partial charge in [-0.1, -0.05) is 23.8 Å². The third kappa shape index (κ3) is 1.86. The Labute approximate surface area is 77.4 Å². The van der Waals surface area contributed by atoms with Gasteiger partial charge in [0.1, 0.15) is 11.7 Å². The summed E-state index contributed by atoms with van der Waals surface area (Å²) < 4.78 is 0. The van der Waals surface area contributed by atoms with Crippen molar-refractivity contribution in [1.29, 1.82) is 0 Å². The number of rotatable bonds is 2. The second kappa shape index (κ2) is 3.72. The third-order valence-corrected chi connectivity index (χ3v) is 2.19. The molecule has 0 fully saturated rings. The molecule has 0 heterocycles. The van der Waals surface area contributed by atoms with Gasteiger partial charge in [-0.05, 0) is 25.0 Å². The van der Waals surface area contributed by atoms with Crippen LogP contribution >= 0.6 is 11.6 Å². The molecule has 0 radical (unpaired) electrons. The molecule has 1 rings (SSSR count). The van der Waals surface area contributed by atoms with Crippen LogP contribution < -0.4 is 0 Å². The number of halogens is 1. The third-order valence-electron chi connectivity index (χ3n) is 1.85. The summed E-state index contributed by atoms with van der Waals surface area (Å²) in [7, 11) is 0. The molecule has 0 spiro atoms. The second-order valence-electron chi connectivity index (χ2n) is 2.90. The molecule has 12 heavy (non-hydrogen) atoms. The summed E-state index contributed by atoms with van der Waals surface area (Å²) in [5, 5.41) is -0.509. The van der Waals surface area contributed by atoms with E-state index in [0.29, 0.717) is 0 Å². The Balaban J connectivity index is 3.12. The molecule has 64 valence electrons. The molecule has 0 aromatic heterocycles. The van der Waals surface area contributed by atoms with Gasteiger partial charge in [0.05, 0.1) is 0 Å².